The maximum absolute atomic E-state index is 13.1. The zero-order valence-electron chi connectivity index (χ0n) is 49.0. The van der Waals surface area contributed by atoms with Crippen LogP contribution in [0.25, 0.3) is 0 Å². The van der Waals surface area contributed by atoms with Gasteiger partial charge in [-0.3, -0.25) is 4.79 Å². The van der Waals surface area contributed by atoms with E-state index in [-0.39, 0.29) is 12.5 Å². The number of hydrogen-bond donors (Lipinski definition) is 6. The van der Waals surface area contributed by atoms with Crippen LogP contribution in [0.15, 0.2) is 85.1 Å². The first-order valence-corrected chi connectivity index (χ1v) is 31.8. The Balaban J connectivity index is 2.13. The lowest BCUT2D eigenvalue weighted by molar-refractivity contribution is -0.302. The fourth-order valence-corrected chi connectivity index (χ4v) is 9.71. The number of unbranched alkanes of at least 4 members (excludes halogenated alkanes) is 32. The molecule has 9 heteroatoms. The monoisotopic (exact) mass is 1070 g/mol. The highest BCUT2D eigenvalue weighted by Crippen LogP contribution is 2.23. The van der Waals surface area contributed by atoms with Crippen molar-refractivity contribution in [3.63, 3.8) is 0 Å². The molecule has 0 spiro atoms. The third-order valence-electron chi connectivity index (χ3n) is 14.7. The average molecular weight is 1070 g/mol. The number of aliphatic hydroxyl groups is 5. The van der Waals surface area contributed by atoms with E-state index in [9.17, 15) is 30.3 Å². The van der Waals surface area contributed by atoms with Gasteiger partial charge in [-0.1, -0.05) is 272 Å². The van der Waals surface area contributed by atoms with Crippen molar-refractivity contribution in [1.29, 1.82) is 0 Å². The smallest absolute Gasteiger partial charge is 0.220 e. The summed E-state index contributed by atoms with van der Waals surface area (Å²) in [6.45, 7) is 3.66. The molecule has 0 aromatic heterocycles. The van der Waals surface area contributed by atoms with Crippen molar-refractivity contribution in [2.75, 3.05) is 13.2 Å². The summed E-state index contributed by atoms with van der Waals surface area (Å²) in [4.78, 5) is 13.1. The summed E-state index contributed by atoms with van der Waals surface area (Å²) in [5.41, 5.74) is 0. The van der Waals surface area contributed by atoms with E-state index in [4.69, 9.17) is 9.47 Å². The number of ether oxygens (including phenoxy) is 2. The predicted octanol–water partition coefficient (Wildman–Crippen LogP) is 16.6. The molecule has 0 bridgehead atoms. The Hall–Kier alpha value is -2.63. The summed E-state index contributed by atoms with van der Waals surface area (Å²) in [5.74, 6) is -0.189. The molecule has 0 aromatic rings. The molecule has 76 heavy (non-hydrogen) atoms. The zero-order valence-corrected chi connectivity index (χ0v) is 49.0. The highest BCUT2D eigenvalue weighted by molar-refractivity contribution is 5.76. The average Bonchev–Trinajstić information content (AvgIpc) is 3.42. The van der Waals surface area contributed by atoms with E-state index in [1.54, 1.807) is 6.08 Å². The van der Waals surface area contributed by atoms with Crippen molar-refractivity contribution >= 4 is 5.91 Å². The van der Waals surface area contributed by atoms with E-state index in [1.807, 2.05) is 6.08 Å². The lowest BCUT2D eigenvalue weighted by Crippen LogP contribution is -2.60. The number of amides is 1. The van der Waals surface area contributed by atoms with Gasteiger partial charge in [0.25, 0.3) is 0 Å². The topological polar surface area (TPSA) is 149 Å². The van der Waals surface area contributed by atoms with Crippen molar-refractivity contribution in [2.45, 2.75) is 320 Å². The first-order valence-electron chi connectivity index (χ1n) is 31.8. The first kappa shape index (κ1) is 71.4. The molecular weight excluding hydrogens is 947 g/mol. The second-order valence-corrected chi connectivity index (χ2v) is 21.8. The van der Waals surface area contributed by atoms with Gasteiger partial charge in [0, 0.05) is 6.42 Å². The van der Waals surface area contributed by atoms with Gasteiger partial charge in [0.2, 0.25) is 5.91 Å². The standard InChI is InChI=1S/C67H119NO8/c1-3-5-7-9-11-13-15-17-19-21-23-24-25-26-27-28-29-30-31-32-33-34-35-36-37-38-39-41-43-45-47-49-51-53-55-57-63(71)68-60(59-75-67-66(74)65(73)64(72)62(58-69)76-67)61(70)56-54-52-50-48-46-44-42-40-22-20-18-16-14-12-10-8-6-4-2/h5,7,11,13,17,19,22-24,40,46,48,54,56,60-62,64-67,69-70,72-74H,3-4,6,8-10,12,14-16,18,20-21,25-39,41-45,47,49-53,55,57-59H2,1-2H3,(H,68,71)/b7-5-,13-11-,19-17-,24-23-,40-22+,48-46+,56-54+. The highest BCUT2D eigenvalue weighted by atomic mass is 16.7. The molecule has 1 saturated heterocycles. The number of carbonyl (C=O) groups is 1. The maximum Gasteiger partial charge on any atom is 0.220 e. The second-order valence-electron chi connectivity index (χ2n) is 21.8. The molecule has 0 radical (unpaired) electrons. The molecule has 7 unspecified atom stereocenters. The van der Waals surface area contributed by atoms with E-state index >= 15 is 0 Å². The van der Waals surface area contributed by atoms with Crippen LogP contribution >= 0.6 is 0 Å². The van der Waals surface area contributed by atoms with Crippen LogP contribution in [0.2, 0.25) is 0 Å². The Morgan fingerprint density at radius 1 is 0.461 bits per heavy atom. The van der Waals surface area contributed by atoms with Gasteiger partial charge in [-0.15, -0.1) is 0 Å². The fraction of sp³-hybridized carbons (Fsp3) is 0.776. The van der Waals surface area contributed by atoms with Gasteiger partial charge in [-0.2, -0.15) is 0 Å². The third-order valence-corrected chi connectivity index (χ3v) is 14.7. The zero-order chi connectivity index (χ0) is 55.0. The van der Waals surface area contributed by atoms with Crippen LogP contribution in [0.1, 0.15) is 277 Å². The van der Waals surface area contributed by atoms with Gasteiger partial charge in [0.15, 0.2) is 6.29 Å². The number of allylic oxidation sites excluding steroid dienone is 13. The van der Waals surface area contributed by atoms with Crippen LogP contribution < -0.4 is 5.32 Å². The normalized spacial score (nSPS) is 19.4. The van der Waals surface area contributed by atoms with Crippen molar-refractivity contribution < 1.29 is 39.8 Å². The number of carbonyl (C=O) groups excluding carboxylic acids is 1. The lowest BCUT2D eigenvalue weighted by atomic mass is 9.99. The largest absolute Gasteiger partial charge is 0.394 e. The molecule has 1 amide bonds. The van der Waals surface area contributed by atoms with E-state index in [1.165, 1.54) is 186 Å². The van der Waals surface area contributed by atoms with Crippen molar-refractivity contribution in [1.82, 2.24) is 5.32 Å². The molecule has 1 heterocycles. The van der Waals surface area contributed by atoms with Crippen LogP contribution in [0, 0.1) is 0 Å². The molecule has 1 fully saturated rings. The minimum Gasteiger partial charge on any atom is -0.394 e. The summed E-state index contributed by atoms with van der Waals surface area (Å²) in [6, 6.07) is -0.830. The minimum atomic E-state index is -1.58. The maximum atomic E-state index is 13.1. The van der Waals surface area contributed by atoms with Gasteiger partial charge in [-0.05, 0) is 83.5 Å². The number of hydrogen-bond acceptors (Lipinski definition) is 8. The number of aliphatic hydroxyl groups excluding tert-OH is 5. The first-order chi connectivity index (χ1) is 37.3. The summed E-state index contributed by atoms with van der Waals surface area (Å²) in [7, 11) is 0. The quantitative estimate of drug-likeness (QED) is 0.0261. The van der Waals surface area contributed by atoms with Gasteiger partial charge in [0.1, 0.15) is 24.4 Å². The molecule has 1 aliphatic rings. The van der Waals surface area contributed by atoms with Gasteiger partial charge in [-0.25, -0.2) is 0 Å². The summed E-state index contributed by atoms with van der Waals surface area (Å²) in [5, 5.41) is 54.5. The molecule has 7 atom stereocenters. The SMILES string of the molecule is CC/C=C\C/C=C\C/C=C\C/C=C\CCCCCCCCCCCCCCCCCCCCCCCCC(=O)NC(COC1OC(CO)C(O)C(O)C1O)C(O)/C=C/CC/C=C/CC/C=C/CCCCCCCCCC. The summed E-state index contributed by atoms with van der Waals surface area (Å²) >= 11 is 0. The van der Waals surface area contributed by atoms with Crippen LogP contribution in [0.4, 0.5) is 0 Å². The number of nitrogens with one attached hydrogen (secondary N) is 1. The van der Waals surface area contributed by atoms with E-state index < -0.39 is 49.5 Å². The van der Waals surface area contributed by atoms with Gasteiger partial charge < -0.3 is 40.3 Å². The van der Waals surface area contributed by atoms with Crippen LogP contribution in [-0.2, 0) is 14.3 Å². The highest BCUT2D eigenvalue weighted by Gasteiger charge is 2.44. The van der Waals surface area contributed by atoms with Crippen molar-refractivity contribution in [2.24, 2.45) is 0 Å². The molecule has 6 N–H and O–H groups in total. The molecular formula is C67H119NO8. The van der Waals surface area contributed by atoms with E-state index in [2.05, 4.69) is 92.1 Å². The molecule has 0 aliphatic carbocycles. The third kappa shape index (κ3) is 44.2. The summed E-state index contributed by atoms with van der Waals surface area (Å²) < 4.78 is 11.3. The molecule has 440 valence electrons. The van der Waals surface area contributed by atoms with Crippen molar-refractivity contribution in [3.8, 4) is 0 Å². The Labute approximate surface area is 467 Å². The number of rotatable bonds is 54. The molecule has 0 saturated carbocycles. The van der Waals surface area contributed by atoms with Gasteiger partial charge >= 0.3 is 0 Å². The Morgan fingerprint density at radius 2 is 0.829 bits per heavy atom. The molecule has 1 aliphatic heterocycles. The van der Waals surface area contributed by atoms with Gasteiger partial charge in [0.05, 0.1) is 25.4 Å². The lowest BCUT2D eigenvalue weighted by Gasteiger charge is -2.40. The van der Waals surface area contributed by atoms with Crippen LogP contribution in [-0.4, -0.2) is 87.5 Å². The summed E-state index contributed by atoms with van der Waals surface area (Å²) in [6.07, 6.45) is 72.5. The minimum absolute atomic E-state index is 0.189. The Morgan fingerprint density at radius 3 is 1.26 bits per heavy atom. The van der Waals surface area contributed by atoms with Crippen LogP contribution in [0.3, 0.4) is 0 Å². The van der Waals surface area contributed by atoms with Crippen molar-refractivity contribution in [3.05, 3.63) is 85.1 Å². The molecule has 9 nitrogen and oxygen atoms in total. The predicted molar refractivity (Wildman–Crippen MR) is 322 cm³/mol. The second kappa shape index (κ2) is 55.7. The molecule has 0 aromatic carbocycles. The van der Waals surface area contributed by atoms with E-state index in [0.29, 0.717) is 6.42 Å². The fourth-order valence-electron chi connectivity index (χ4n) is 9.71. The molecule has 1 rings (SSSR count). The van der Waals surface area contributed by atoms with E-state index in [0.717, 1.165) is 70.6 Å². The Kier molecular flexibility index (Phi) is 52.3. The van der Waals surface area contributed by atoms with Crippen LogP contribution in [0.5, 0.6) is 0 Å². The Bertz CT molecular complexity index is 1470.